The number of halogens is 2. The Hall–Kier alpha value is -1.83. The molecule has 0 aromatic heterocycles. The summed E-state index contributed by atoms with van der Waals surface area (Å²) in [4.78, 5) is 0. The van der Waals surface area contributed by atoms with E-state index in [0.29, 0.717) is 11.4 Å². The van der Waals surface area contributed by atoms with Crippen molar-refractivity contribution in [1.29, 1.82) is 0 Å². The second-order valence-electron chi connectivity index (χ2n) is 3.94. The second kappa shape index (κ2) is 5.88. The smallest absolute Gasteiger partial charge is 0.398 e. The number of hydrogen-bond acceptors (Lipinski definition) is 6. The molecule has 0 fully saturated rings. The van der Waals surface area contributed by atoms with E-state index in [4.69, 9.17) is 43.0 Å². The van der Waals surface area contributed by atoms with Gasteiger partial charge in [-0.3, -0.25) is 0 Å². The van der Waals surface area contributed by atoms with Gasteiger partial charge in [0.05, 0.1) is 21.4 Å². The largest absolute Gasteiger partial charge is 0.500 e. The predicted molar refractivity (Wildman–Crippen MR) is 81.9 cm³/mol. The van der Waals surface area contributed by atoms with Crippen LogP contribution in [0.25, 0.3) is 0 Å². The summed E-state index contributed by atoms with van der Waals surface area (Å²) in [6.45, 7) is 0. The highest BCUT2D eigenvalue weighted by Crippen LogP contribution is 2.27. The van der Waals surface area contributed by atoms with E-state index >= 15 is 0 Å². The molecule has 0 saturated carbocycles. The number of anilines is 2. The summed E-state index contributed by atoms with van der Waals surface area (Å²) in [6, 6.07) is 8.03. The molecule has 0 saturated heterocycles. The molecule has 2 aromatic rings. The van der Waals surface area contributed by atoms with Crippen molar-refractivity contribution < 1.29 is 16.8 Å². The molecular weight excluding hydrogens is 339 g/mol. The molecule has 2 aromatic carbocycles. The van der Waals surface area contributed by atoms with Gasteiger partial charge in [-0.15, -0.1) is 8.42 Å². The maximum Gasteiger partial charge on any atom is 0.500 e. The quantitative estimate of drug-likeness (QED) is 0.823. The highest BCUT2D eigenvalue weighted by atomic mass is 35.5. The molecule has 21 heavy (non-hydrogen) atoms. The third-order valence-corrected chi connectivity index (χ3v) is 3.79. The van der Waals surface area contributed by atoms with Gasteiger partial charge in [-0.2, -0.15) is 0 Å². The fourth-order valence-electron chi connectivity index (χ4n) is 1.37. The molecular formula is C12H10Cl2N2O4S. The van der Waals surface area contributed by atoms with Crippen molar-refractivity contribution in [2.24, 2.45) is 0 Å². The Balaban J connectivity index is 2.18. The van der Waals surface area contributed by atoms with E-state index in [2.05, 4.69) is 0 Å². The average Bonchev–Trinajstić information content (AvgIpc) is 2.37. The van der Waals surface area contributed by atoms with Crippen LogP contribution < -0.4 is 19.8 Å². The lowest BCUT2D eigenvalue weighted by Gasteiger charge is -2.09. The third-order valence-electron chi connectivity index (χ3n) is 2.34. The Morgan fingerprint density at radius 3 is 1.52 bits per heavy atom. The molecule has 112 valence electrons. The molecule has 0 amide bonds. The Morgan fingerprint density at radius 1 is 0.810 bits per heavy atom. The lowest BCUT2D eigenvalue weighted by molar-refractivity contribution is 0.392. The summed E-state index contributed by atoms with van der Waals surface area (Å²) >= 11 is 11.5. The van der Waals surface area contributed by atoms with Crippen LogP contribution >= 0.6 is 23.2 Å². The van der Waals surface area contributed by atoms with Crippen LogP contribution in [0, 0.1) is 0 Å². The monoisotopic (exact) mass is 348 g/mol. The zero-order valence-corrected chi connectivity index (χ0v) is 12.7. The first kappa shape index (κ1) is 15.6. The lowest BCUT2D eigenvalue weighted by atomic mass is 10.3. The molecule has 0 atom stereocenters. The molecule has 0 aliphatic carbocycles. The topological polar surface area (TPSA) is 105 Å². The van der Waals surface area contributed by atoms with Crippen molar-refractivity contribution in [2.45, 2.75) is 0 Å². The van der Waals surface area contributed by atoms with Crippen LogP contribution in [-0.4, -0.2) is 8.42 Å². The molecule has 0 radical (unpaired) electrons. The zero-order chi connectivity index (χ0) is 15.6. The fraction of sp³-hybridized carbons (Fsp3) is 0. The van der Waals surface area contributed by atoms with Crippen molar-refractivity contribution in [1.82, 2.24) is 0 Å². The van der Waals surface area contributed by atoms with E-state index in [9.17, 15) is 8.42 Å². The van der Waals surface area contributed by atoms with Gasteiger partial charge in [-0.1, -0.05) is 23.2 Å². The van der Waals surface area contributed by atoms with Gasteiger partial charge in [-0.25, -0.2) is 0 Å². The second-order valence-corrected chi connectivity index (χ2v) is 5.91. The highest BCUT2D eigenvalue weighted by Gasteiger charge is 2.17. The maximum absolute atomic E-state index is 11.8. The number of hydrogen-bond donors (Lipinski definition) is 2. The van der Waals surface area contributed by atoms with Gasteiger partial charge in [0.15, 0.2) is 0 Å². The lowest BCUT2D eigenvalue weighted by Crippen LogP contribution is -2.16. The molecule has 9 heteroatoms. The molecule has 2 rings (SSSR count). The normalized spacial score (nSPS) is 11.1. The molecule has 0 unspecified atom stereocenters. The van der Waals surface area contributed by atoms with Crippen molar-refractivity contribution in [2.75, 3.05) is 11.5 Å². The van der Waals surface area contributed by atoms with E-state index in [0.717, 1.165) is 0 Å². The average molecular weight is 349 g/mol. The Morgan fingerprint density at radius 2 is 1.19 bits per heavy atom. The van der Waals surface area contributed by atoms with Gasteiger partial charge < -0.3 is 19.8 Å². The van der Waals surface area contributed by atoms with E-state index in [1.54, 1.807) is 0 Å². The first-order valence-corrected chi connectivity index (χ1v) is 7.60. The standard InChI is InChI=1S/C12H10Cl2N2O4S/c13-9-5-7(1-3-11(9)15)19-21(17,18)20-8-2-4-12(16)10(14)6-8/h1-6H,15-16H2. The van der Waals surface area contributed by atoms with Crippen LogP contribution in [0.2, 0.25) is 10.0 Å². The SMILES string of the molecule is Nc1ccc(OS(=O)(=O)Oc2ccc(N)c(Cl)c2)cc1Cl. The Bertz CT molecular complexity index is 721. The van der Waals surface area contributed by atoms with E-state index in [1.165, 1.54) is 36.4 Å². The summed E-state index contributed by atoms with van der Waals surface area (Å²) in [5.41, 5.74) is 11.6. The highest BCUT2D eigenvalue weighted by molar-refractivity contribution is 7.82. The first-order valence-electron chi connectivity index (χ1n) is 5.51. The van der Waals surface area contributed by atoms with Crippen LogP contribution in [0.5, 0.6) is 11.5 Å². The van der Waals surface area contributed by atoms with Crippen LogP contribution in [0.3, 0.4) is 0 Å². The van der Waals surface area contributed by atoms with Crippen LogP contribution in [0.4, 0.5) is 11.4 Å². The van der Waals surface area contributed by atoms with Crippen molar-refractivity contribution in [3.05, 3.63) is 46.4 Å². The van der Waals surface area contributed by atoms with Gasteiger partial charge in [-0.05, 0) is 24.3 Å². The van der Waals surface area contributed by atoms with Crippen molar-refractivity contribution in [3.63, 3.8) is 0 Å². The number of nitrogens with two attached hydrogens (primary N) is 2. The van der Waals surface area contributed by atoms with Gasteiger partial charge >= 0.3 is 10.4 Å². The number of benzene rings is 2. The van der Waals surface area contributed by atoms with E-state index in [-0.39, 0.29) is 21.5 Å². The number of rotatable bonds is 4. The van der Waals surface area contributed by atoms with Gasteiger partial charge in [0.25, 0.3) is 0 Å². The molecule has 0 spiro atoms. The molecule has 4 N–H and O–H groups in total. The maximum atomic E-state index is 11.8. The summed E-state index contributed by atoms with van der Waals surface area (Å²) in [5, 5.41) is 0.330. The van der Waals surface area contributed by atoms with E-state index < -0.39 is 10.4 Å². The minimum atomic E-state index is -4.35. The van der Waals surface area contributed by atoms with E-state index in [1.807, 2.05) is 0 Å². The first-order chi connectivity index (χ1) is 9.77. The minimum absolute atomic E-state index is 0.0317. The number of nitrogen functional groups attached to an aromatic ring is 2. The molecule has 0 aliphatic heterocycles. The summed E-state index contributed by atoms with van der Waals surface area (Å²) in [5.74, 6) is -0.0634. The summed E-state index contributed by atoms with van der Waals surface area (Å²) in [6.07, 6.45) is 0. The van der Waals surface area contributed by atoms with Crippen LogP contribution in [-0.2, 0) is 10.4 Å². The van der Waals surface area contributed by atoms with Crippen LogP contribution in [0.15, 0.2) is 36.4 Å². The molecule has 6 nitrogen and oxygen atoms in total. The predicted octanol–water partition coefficient (Wildman–Crippen LogP) is 2.86. The minimum Gasteiger partial charge on any atom is -0.398 e. The Labute approximate surface area is 131 Å². The Kier molecular flexibility index (Phi) is 4.36. The van der Waals surface area contributed by atoms with Crippen LogP contribution in [0.1, 0.15) is 0 Å². The zero-order valence-electron chi connectivity index (χ0n) is 10.4. The van der Waals surface area contributed by atoms with Gasteiger partial charge in [0.1, 0.15) is 11.5 Å². The fourth-order valence-corrected chi connectivity index (χ4v) is 2.43. The van der Waals surface area contributed by atoms with Crippen molar-refractivity contribution in [3.8, 4) is 11.5 Å². The molecule has 0 aliphatic rings. The third kappa shape index (κ3) is 4.07. The van der Waals surface area contributed by atoms with Gasteiger partial charge in [0, 0.05) is 12.1 Å². The summed E-state index contributed by atoms with van der Waals surface area (Å²) < 4.78 is 33.0. The molecule has 0 heterocycles. The van der Waals surface area contributed by atoms with Gasteiger partial charge in [0.2, 0.25) is 0 Å². The van der Waals surface area contributed by atoms with Crippen molar-refractivity contribution >= 4 is 45.0 Å². The molecule has 0 bridgehead atoms. The summed E-state index contributed by atoms with van der Waals surface area (Å²) in [7, 11) is -4.35.